The van der Waals surface area contributed by atoms with Gasteiger partial charge in [-0.15, -0.1) is 24.0 Å². The van der Waals surface area contributed by atoms with Crippen molar-refractivity contribution in [2.75, 3.05) is 60.5 Å². The second kappa shape index (κ2) is 27.7. The van der Waals surface area contributed by atoms with E-state index in [0.717, 1.165) is 33.8 Å². The van der Waals surface area contributed by atoms with E-state index in [1.54, 1.807) is 84.3 Å². The van der Waals surface area contributed by atoms with Crippen molar-refractivity contribution in [2.24, 2.45) is 5.92 Å². The van der Waals surface area contributed by atoms with Gasteiger partial charge < -0.3 is 35.0 Å². The van der Waals surface area contributed by atoms with Crippen LogP contribution >= 0.6 is 24.0 Å². The number of carbonyl (C=O) groups is 6. The normalized spacial score (nSPS) is 20.1. The van der Waals surface area contributed by atoms with E-state index in [2.05, 4.69) is 35.9 Å². The van der Waals surface area contributed by atoms with Crippen molar-refractivity contribution < 1.29 is 33.5 Å². The molecule has 4 aliphatic rings. The second-order valence-corrected chi connectivity index (χ2v) is 20.5. The summed E-state index contributed by atoms with van der Waals surface area (Å²) in [6.07, 6.45) is 4.46. The van der Waals surface area contributed by atoms with Crippen molar-refractivity contribution in [1.29, 1.82) is 0 Å². The molecule has 4 aromatic rings. The molecule has 19 heteroatoms. The number of ether oxygens (including phenoxy) is 1. The first kappa shape index (κ1) is 57.6. The molecular weight excluding hydrogens is 989 g/mol. The molecular formula is C56H74N10O7S2. The molecule has 4 aliphatic heterocycles. The van der Waals surface area contributed by atoms with Gasteiger partial charge in [-0.25, -0.2) is 29.6 Å². The van der Waals surface area contributed by atoms with Gasteiger partial charge in [-0.05, 0) is 70.4 Å². The van der Waals surface area contributed by atoms with Gasteiger partial charge in [0.1, 0.15) is 30.2 Å². The number of hydrazine groups is 2. The Balaban J connectivity index is 0.000000238. The molecule has 0 aliphatic carbocycles. The number of methoxy groups -OCH3 is 1. The molecule has 0 radical (unpaired) electrons. The molecule has 8 amide bonds. The summed E-state index contributed by atoms with van der Waals surface area (Å²) in [6, 6.07) is 29.0. The molecule has 0 bridgehead atoms. The van der Waals surface area contributed by atoms with Crippen molar-refractivity contribution >= 4 is 59.7 Å². The fraction of sp³-hybridized carbons (Fsp3) is 0.429. The minimum Gasteiger partial charge on any atom is -0.497 e. The van der Waals surface area contributed by atoms with E-state index in [9.17, 15) is 28.8 Å². The Bertz CT molecular complexity index is 2570. The van der Waals surface area contributed by atoms with Gasteiger partial charge in [0.2, 0.25) is 23.6 Å². The van der Waals surface area contributed by atoms with Crippen LogP contribution in [-0.2, 0) is 45.1 Å². The monoisotopic (exact) mass is 1060 g/mol. The number of hydrogen-bond donors (Lipinski definition) is 3. The molecule has 2 N–H and O–H groups in total. The summed E-state index contributed by atoms with van der Waals surface area (Å²) < 4.78 is 5.28. The van der Waals surface area contributed by atoms with Crippen molar-refractivity contribution in [3.63, 3.8) is 0 Å². The highest BCUT2D eigenvalue weighted by atomic mass is 32.1. The first-order valence-corrected chi connectivity index (χ1v) is 27.0. The zero-order chi connectivity index (χ0) is 54.2. The largest absolute Gasteiger partial charge is 0.497 e. The van der Waals surface area contributed by atoms with E-state index in [1.807, 2.05) is 124 Å². The number of thiol groups is 1. The van der Waals surface area contributed by atoms with Crippen molar-refractivity contribution in [2.45, 2.75) is 90.9 Å². The number of nitrogens with zero attached hydrogens (tertiary/aromatic N) is 8. The number of benzene rings is 3. The Hall–Kier alpha value is -6.67. The van der Waals surface area contributed by atoms with Gasteiger partial charge in [0.15, 0.2) is 0 Å². The number of hydrogen-bond acceptors (Lipinski definition) is 11. The maximum atomic E-state index is 13.9. The highest BCUT2D eigenvalue weighted by molar-refractivity contribution is 7.84. The molecule has 4 atom stereocenters. The Morgan fingerprint density at radius 1 is 0.720 bits per heavy atom. The van der Waals surface area contributed by atoms with Gasteiger partial charge in [0.25, 0.3) is 0 Å². The topological polar surface area (TPSA) is 162 Å². The maximum absolute atomic E-state index is 13.9. The van der Waals surface area contributed by atoms with Gasteiger partial charge in [-0.3, -0.25) is 19.2 Å². The third-order valence-corrected chi connectivity index (χ3v) is 14.6. The summed E-state index contributed by atoms with van der Waals surface area (Å²) in [6.45, 7) is 14.0. The minimum atomic E-state index is -0.717. The van der Waals surface area contributed by atoms with Gasteiger partial charge in [0.05, 0.1) is 33.3 Å². The minimum absolute atomic E-state index is 0.0108. The average molecular weight is 1060 g/mol. The number of carbonyl (C=O) groups excluding carboxylic acids is 6. The number of likely N-dealkylation sites (N-methyl/N-ethyl adjacent to an activating group) is 2. The van der Waals surface area contributed by atoms with E-state index in [4.69, 9.17) is 4.74 Å². The lowest BCUT2D eigenvalue weighted by Crippen LogP contribution is -2.76. The van der Waals surface area contributed by atoms with E-state index < -0.39 is 24.4 Å². The van der Waals surface area contributed by atoms with E-state index in [1.165, 1.54) is 4.88 Å². The van der Waals surface area contributed by atoms with Crippen LogP contribution in [0.3, 0.4) is 0 Å². The lowest BCUT2D eigenvalue weighted by molar-refractivity contribution is -0.187. The Morgan fingerprint density at radius 3 is 1.71 bits per heavy atom. The predicted octanol–water partition coefficient (Wildman–Crippen LogP) is 6.87. The molecule has 3 aromatic carbocycles. The number of piperazine rings is 2. The molecule has 0 saturated carbocycles. The number of amides is 8. The van der Waals surface area contributed by atoms with Crippen LogP contribution in [0.15, 0.2) is 126 Å². The molecule has 8 rings (SSSR count). The molecule has 0 spiro atoms. The predicted molar refractivity (Wildman–Crippen MR) is 296 cm³/mol. The third-order valence-electron chi connectivity index (χ3n) is 13.3. The van der Waals surface area contributed by atoms with Crippen LogP contribution in [0.1, 0.15) is 62.1 Å². The standard InChI is InChI=1S/C29H33N5O4S.C25H35N5O3S.C2H6/c1-31-20-27(35)33-25(17-21-10-12-23(38-2)13-11-21)28(36)32(15-14-24-9-6-16-39-24)19-26(33)34(31)29(37)30-18-22-7-4-3-5-8-22;1-5-9-20(34)12-13-28-16-22-29(21(24(28)32)14-18(2)3)23(31)17-27(4)30(22)25(33)26-15-19-10-7-6-8-11-19;1-2/h3-13,16,25-26H,14-15,17-20H2,1-2H3,(H,30,37);5-11,18,21-22,34H,1,12-17H2,2-4H3,(H,26,33);1-2H3/b;20-9-;/t25?,26-;21-,22?;/m00./s1. The third kappa shape index (κ3) is 14.8. The zero-order valence-corrected chi connectivity index (χ0v) is 46.1. The number of allylic oxidation sites excluding steroid dienone is 2. The Kier molecular flexibility index (Phi) is 21.3. The molecule has 17 nitrogen and oxygen atoms in total. The molecule has 2 unspecified atom stereocenters. The highest BCUT2D eigenvalue weighted by Gasteiger charge is 2.52. The average Bonchev–Trinajstić information content (AvgIpc) is 3.94. The smallest absolute Gasteiger partial charge is 0.334 e. The number of rotatable bonds is 16. The molecule has 75 heavy (non-hydrogen) atoms. The van der Waals surface area contributed by atoms with Crippen LogP contribution in [0.2, 0.25) is 0 Å². The quantitative estimate of drug-likeness (QED) is 0.0805. The lowest BCUT2D eigenvalue weighted by atomic mass is 9.97. The molecule has 5 heterocycles. The van der Waals surface area contributed by atoms with Crippen molar-refractivity contribution in [1.82, 2.24) is 50.3 Å². The summed E-state index contributed by atoms with van der Waals surface area (Å²) in [5.74, 6) is 0.456. The van der Waals surface area contributed by atoms with Crippen LogP contribution in [-0.4, -0.2) is 160 Å². The van der Waals surface area contributed by atoms with Crippen LogP contribution in [0, 0.1) is 5.92 Å². The van der Waals surface area contributed by atoms with Gasteiger partial charge in [-0.1, -0.05) is 125 Å². The number of urea groups is 2. The second-order valence-electron chi connectivity index (χ2n) is 18.9. The van der Waals surface area contributed by atoms with E-state index >= 15 is 0 Å². The molecule has 4 fully saturated rings. The van der Waals surface area contributed by atoms with Crippen molar-refractivity contribution in [3.8, 4) is 5.75 Å². The highest BCUT2D eigenvalue weighted by Crippen LogP contribution is 2.31. The first-order chi connectivity index (χ1) is 36.2. The maximum Gasteiger partial charge on any atom is 0.334 e. The summed E-state index contributed by atoms with van der Waals surface area (Å²) in [4.78, 5) is 89.5. The van der Waals surface area contributed by atoms with Gasteiger partial charge in [0, 0.05) is 51.6 Å². The fourth-order valence-electron chi connectivity index (χ4n) is 9.75. The van der Waals surface area contributed by atoms with Crippen molar-refractivity contribution in [3.05, 3.63) is 148 Å². The molecule has 4 saturated heterocycles. The first-order valence-electron chi connectivity index (χ1n) is 25.7. The summed E-state index contributed by atoms with van der Waals surface area (Å²) in [5, 5.41) is 14.5. The lowest BCUT2D eigenvalue weighted by Gasteiger charge is -2.54. The fourth-order valence-corrected chi connectivity index (χ4v) is 10.7. The van der Waals surface area contributed by atoms with Crippen LogP contribution in [0.25, 0.3) is 0 Å². The number of nitrogens with one attached hydrogen (secondary N) is 2. The summed E-state index contributed by atoms with van der Waals surface area (Å²) in [5.41, 5.74) is 2.88. The molecule has 402 valence electrons. The van der Waals surface area contributed by atoms with Gasteiger partial charge in [-0.2, -0.15) is 0 Å². The Labute approximate surface area is 452 Å². The summed E-state index contributed by atoms with van der Waals surface area (Å²) in [7, 11) is 5.08. The van der Waals surface area contributed by atoms with Crippen LogP contribution < -0.4 is 15.4 Å². The van der Waals surface area contributed by atoms with Crippen LogP contribution in [0.5, 0.6) is 5.75 Å². The SMILES string of the molecule is C=C/C=C(\S)CCN1CC2N(C(=O)CN(C)N2C(=O)NCc2ccccc2)[C@@H](CC(C)C)C1=O.CC.COc1ccc(CC2C(=O)N(CCc3cccs3)C[C@H]3N2C(=O)CN(C)N3C(=O)NCc2ccccc2)cc1. The van der Waals surface area contributed by atoms with E-state index in [-0.39, 0.29) is 67.8 Å². The number of thiophene rings is 1. The summed E-state index contributed by atoms with van der Waals surface area (Å²) >= 11 is 6.11. The van der Waals surface area contributed by atoms with Gasteiger partial charge >= 0.3 is 12.1 Å². The Morgan fingerprint density at radius 2 is 1.23 bits per heavy atom. The van der Waals surface area contributed by atoms with E-state index in [0.29, 0.717) is 45.4 Å². The van der Waals surface area contributed by atoms with Crippen LogP contribution in [0.4, 0.5) is 9.59 Å². The molecule has 1 aromatic heterocycles. The number of fused-ring (bicyclic) bond motifs is 2. The zero-order valence-electron chi connectivity index (χ0n) is 44.3.